The molecule has 164 valence electrons. The van der Waals surface area contributed by atoms with E-state index in [2.05, 4.69) is 9.97 Å². The third-order valence-corrected chi connectivity index (χ3v) is 4.49. The molecule has 1 unspecified atom stereocenters. The van der Waals surface area contributed by atoms with Crippen molar-refractivity contribution in [2.75, 3.05) is 50.6 Å². The van der Waals surface area contributed by atoms with Crippen LogP contribution in [0.5, 0.6) is 0 Å². The highest BCUT2D eigenvalue weighted by Gasteiger charge is 2.35. The van der Waals surface area contributed by atoms with E-state index >= 15 is 0 Å². The quantitative estimate of drug-likeness (QED) is 0.745. The van der Waals surface area contributed by atoms with E-state index in [0.29, 0.717) is 19.6 Å². The molecule has 1 aromatic rings. The maximum Gasteiger partial charge on any atom is 0.433 e. The SMILES string of the molecule is CN(CC1CCCN(c2nc(N(C)C)cc(C(F)(F)F)n2)C1)C(=O)OC(C)(C)C. The predicted octanol–water partition coefficient (Wildman–Crippen LogP) is 3.64. The minimum absolute atomic E-state index is 0.0631. The fourth-order valence-electron chi connectivity index (χ4n) is 3.14. The van der Waals surface area contributed by atoms with Gasteiger partial charge in [-0.2, -0.15) is 18.2 Å². The molecule has 0 radical (unpaired) electrons. The number of rotatable bonds is 4. The highest BCUT2D eigenvalue weighted by atomic mass is 19.4. The maximum atomic E-state index is 13.3. The first-order valence-electron chi connectivity index (χ1n) is 9.59. The van der Waals surface area contributed by atoms with E-state index < -0.39 is 23.6 Å². The molecule has 0 aliphatic carbocycles. The standard InChI is InChI=1S/C19H30F3N5O2/c1-18(2,3)29-17(28)26(6)11-13-8-7-9-27(12-13)16-23-14(19(20,21)22)10-15(24-16)25(4)5/h10,13H,7-9,11-12H2,1-6H3. The number of hydrogen-bond acceptors (Lipinski definition) is 6. The Balaban J connectivity index is 2.14. The molecular formula is C19H30F3N5O2. The van der Waals surface area contributed by atoms with Gasteiger partial charge in [0.05, 0.1) is 0 Å². The molecule has 0 saturated carbocycles. The van der Waals surface area contributed by atoms with Crippen LogP contribution < -0.4 is 9.80 Å². The van der Waals surface area contributed by atoms with E-state index in [1.807, 2.05) is 0 Å². The zero-order valence-corrected chi connectivity index (χ0v) is 17.9. The Morgan fingerprint density at radius 1 is 1.24 bits per heavy atom. The summed E-state index contributed by atoms with van der Waals surface area (Å²) in [4.78, 5) is 25.1. The summed E-state index contributed by atoms with van der Waals surface area (Å²) in [5.74, 6) is 0.352. The average molecular weight is 417 g/mol. The van der Waals surface area contributed by atoms with Crippen LogP contribution >= 0.6 is 0 Å². The Morgan fingerprint density at radius 3 is 2.45 bits per heavy atom. The second kappa shape index (κ2) is 8.62. The van der Waals surface area contributed by atoms with Crippen molar-refractivity contribution in [1.82, 2.24) is 14.9 Å². The second-order valence-electron chi connectivity index (χ2n) is 8.62. The lowest BCUT2D eigenvalue weighted by Crippen LogP contribution is -2.43. The number of hydrogen-bond donors (Lipinski definition) is 0. The van der Waals surface area contributed by atoms with E-state index in [4.69, 9.17) is 4.74 Å². The maximum absolute atomic E-state index is 13.3. The zero-order valence-electron chi connectivity index (χ0n) is 17.9. The van der Waals surface area contributed by atoms with E-state index in [-0.39, 0.29) is 17.7 Å². The van der Waals surface area contributed by atoms with Gasteiger partial charge >= 0.3 is 12.3 Å². The van der Waals surface area contributed by atoms with E-state index in [9.17, 15) is 18.0 Å². The van der Waals surface area contributed by atoms with Crippen molar-refractivity contribution in [2.24, 2.45) is 5.92 Å². The van der Waals surface area contributed by atoms with Gasteiger partial charge in [0.25, 0.3) is 0 Å². The Morgan fingerprint density at radius 2 is 1.90 bits per heavy atom. The fraction of sp³-hybridized carbons (Fsp3) is 0.737. The molecule has 1 aliphatic rings. The minimum atomic E-state index is -4.55. The second-order valence-corrected chi connectivity index (χ2v) is 8.62. The predicted molar refractivity (Wildman–Crippen MR) is 105 cm³/mol. The van der Waals surface area contributed by atoms with Crippen molar-refractivity contribution in [1.29, 1.82) is 0 Å². The van der Waals surface area contributed by atoms with E-state index in [1.165, 1.54) is 9.80 Å². The number of carbonyl (C=O) groups is 1. The van der Waals surface area contributed by atoms with E-state index in [1.54, 1.807) is 46.8 Å². The van der Waals surface area contributed by atoms with E-state index in [0.717, 1.165) is 18.9 Å². The first-order chi connectivity index (χ1) is 13.3. The number of amides is 1. The molecule has 2 heterocycles. The van der Waals surface area contributed by atoms with Gasteiger partial charge in [0.1, 0.15) is 11.4 Å². The molecule has 0 spiro atoms. The number of piperidine rings is 1. The largest absolute Gasteiger partial charge is 0.444 e. The summed E-state index contributed by atoms with van der Waals surface area (Å²) in [6, 6.07) is 0.946. The van der Waals surface area contributed by atoms with Crippen molar-refractivity contribution >= 4 is 17.9 Å². The summed E-state index contributed by atoms with van der Waals surface area (Å²) in [6.07, 6.45) is -3.32. The molecule has 0 aromatic carbocycles. The third kappa shape index (κ3) is 6.64. The van der Waals surface area contributed by atoms with Crippen molar-refractivity contribution in [3.05, 3.63) is 11.8 Å². The topological polar surface area (TPSA) is 61.8 Å². The molecular weight excluding hydrogens is 387 g/mol. The van der Waals surface area contributed by atoms with Crippen LogP contribution in [0.1, 0.15) is 39.3 Å². The molecule has 7 nitrogen and oxygen atoms in total. The van der Waals surface area contributed by atoms with Gasteiger partial charge in [-0.1, -0.05) is 0 Å². The lowest BCUT2D eigenvalue weighted by molar-refractivity contribution is -0.141. The normalized spacial score (nSPS) is 17.8. The van der Waals surface area contributed by atoms with Crippen LogP contribution in [0.25, 0.3) is 0 Å². The number of alkyl halides is 3. The highest BCUT2D eigenvalue weighted by molar-refractivity contribution is 5.67. The molecule has 0 bridgehead atoms. The molecule has 2 rings (SSSR count). The van der Waals surface area contributed by atoms with Crippen LogP contribution in [0.4, 0.5) is 29.7 Å². The summed E-state index contributed by atoms with van der Waals surface area (Å²) in [5.41, 5.74) is -1.54. The Kier molecular flexibility index (Phi) is 6.85. The van der Waals surface area contributed by atoms with Crippen LogP contribution in [0.15, 0.2) is 6.07 Å². The fourth-order valence-corrected chi connectivity index (χ4v) is 3.14. The zero-order chi connectivity index (χ0) is 22.0. The Hall–Kier alpha value is -2.26. The summed E-state index contributed by atoms with van der Waals surface area (Å²) >= 11 is 0. The molecule has 1 atom stereocenters. The van der Waals surface area contributed by atoms with Crippen molar-refractivity contribution in [2.45, 2.75) is 45.4 Å². The van der Waals surface area contributed by atoms with Crippen molar-refractivity contribution < 1.29 is 22.7 Å². The summed E-state index contributed by atoms with van der Waals surface area (Å²) in [7, 11) is 4.94. The number of aromatic nitrogens is 2. The van der Waals surface area contributed by atoms with Gasteiger partial charge in [0.15, 0.2) is 5.69 Å². The summed E-state index contributed by atoms with van der Waals surface area (Å²) < 4.78 is 45.2. The van der Waals surface area contributed by atoms with Gasteiger partial charge in [-0.05, 0) is 39.5 Å². The first kappa shape index (κ1) is 23.0. The molecule has 1 aromatic heterocycles. The van der Waals surface area contributed by atoms with Gasteiger partial charge in [-0.15, -0.1) is 0 Å². The van der Waals surface area contributed by atoms with Crippen LogP contribution in [0.2, 0.25) is 0 Å². The molecule has 29 heavy (non-hydrogen) atoms. The first-order valence-corrected chi connectivity index (χ1v) is 9.59. The van der Waals surface area contributed by atoms with Crippen LogP contribution in [0, 0.1) is 5.92 Å². The Labute approximate surface area is 169 Å². The molecule has 1 aliphatic heterocycles. The van der Waals surface area contributed by atoms with Gasteiger partial charge in [0, 0.05) is 46.8 Å². The average Bonchev–Trinajstić information content (AvgIpc) is 2.59. The number of anilines is 2. The molecule has 1 amide bonds. The molecule has 1 saturated heterocycles. The van der Waals surface area contributed by atoms with Crippen LogP contribution in [-0.2, 0) is 10.9 Å². The van der Waals surface area contributed by atoms with Gasteiger partial charge < -0.3 is 19.4 Å². The minimum Gasteiger partial charge on any atom is -0.444 e. The number of halogens is 3. The number of carbonyl (C=O) groups excluding carboxylic acids is 1. The Bertz CT molecular complexity index is 719. The molecule has 10 heteroatoms. The lowest BCUT2D eigenvalue weighted by atomic mass is 9.98. The molecule has 0 N–H and O–H groups in total. The van der Waals surface area contributed by atoms with Crippen LogP contribution in [0.3, 0.4) is 0 Å². The van der Waals surface area contributed by atoms with Crippen molar-refractivity contribution in [3.63, 3.8) is 0 Å². The van der Waals surface area contributed by atoms with Gasteiger partial charge in [-0.25, -0.2) is 9.78 Å². The number of nitrogens with zero attached hydrogens (tertiary/aromatic N) is 5. The monoisotopic (exact) mass is 417 g/mol. The lowest BCUT2D eigenvalue weighted by Gasteiger charge is -2.35. The van der Waals surface area contributed by atoms with Gasteiger partial charge in [-0.3, -0.25) is 0 Å². The van der Waals surface area contributed by atoms with Gasteiger partial charge in [0.2, 0.25) is 5.95 Å². The number of ether oxygens (including phenoxy) is 1. The summed E-state index contributed by atoms with van der Waals surface area (Å²) in [6.45, 7) is 6.89. The summed E-state index contributed by atoms with van der Waals surface area (Å²) in [5, 5.41) is 0. The smallest absolute Gasteiger partial charge is 0.433 e. The molecule has 1 fully saturated rings. The van der Waals surface area contributed by atoms with Crippen molar-refractivity contribution in [3.8, 4) is 0 Å². The highest BCUT2D eigenvalue weighted by Crippen LogP contribution is 2.32. The third-order valence-electron chi connectivity index (χ3n) is 4.49. The van der Waals surface area contributed by atoms with Crippen LogP contribution in [-0.4, -0.2) is 67.3 Å².